The Kier molecular flexibility index (Phi) is 22.7. The number of methoxy groups -OCH3 is 1. The Morgan fingerprint density at radius 1 is 0.896 bits per heavy atom. The number of fused-ring (bicyclic) bond motifs is 1. The minimum atomic E-state index is -0.964. The van der Waals surface area contributed by atoms with Gasteiger partial charge in [-0.25, -0.2) is 24.3 Å². The van der Waals surface area contributed by atoms with Gasteiger partial charge < -0.3 is 65.4 Å². The third-order valence-corrected chi connectivity index (χ3v) is 13.6. The Morgan fingerprint density at radius 3 is 2.22 bits per heavy atom. The van der Waals surface area contributed by atoms with E-state index in [0.717, 1.165) is 21.7 Å². The zero-order chi connectivity index (χ0) is 55.6. The molecule has 1 aliphatic heterocycles. The second-order valence-corrected chi connectivity index (χ2v) is 20.8. The van der Waals surface area contributed by atoms with E-state index in [4.69, 9.17) is 57.4 Å². The summed E-state index contributed by atoms with van der Waals surface area (Å²) >= 11 is 13.9. The highest BCUT2D eigenvalue weighted by Crippen LogP contribution is 2.31. The lowest BCUT2D eigenvalue weighted by molar-refractivity contribution is -0.144. The Labute approximate surface area is 460 Å². The average molecular weight is 1130 g/mol. The number of β-amino-alcohol motifs (C(OH)–C–C–N with tert-alkyl or cyclic N) is 1. The van der Waals surface area contributed by atoms with Crippen LogP contribution in [0, 0.1) is 18.3 Å². The quantitative estimate of drug-likeness (QED) is 0.0329. The summed E-state index contributed by atoms with van der Waals surface area (Å²) in [6.45, 7) is 10.9. The van der Waals surface area contributed by atoms with Crippen LogP contribution in [0.15, 0.2) is 54.3 Å². The third kappa shape index (κ3) is 17.7. The van der Waals surface area contributed by atoms with Crippen LogP contribution in [0.4, 0.5) is 16.2 Å². The van der Waals surface area contributed by atoms with Crippen LogP contribution in [0.2, 0.25) is 10.2 Å². The molecule has 77 heavy (non-hydrogen) atoms. The molecule has 418 valence electrons. The van der Waals surface area contributed by atoms with Gasteiger partial charge in [0.25, 0.3) is 0 Å². The van der Waals surface area contributed by atoms with Gasteiger partial charge in [-0.2, -0.15) is 5.10 Å². The largest absolute Gasteiger partial charge is 0.476 e. The molecule has 2 unspecified atom stereocenters. The number of nitrogens with one attached hydrogen (secondary N) is 4. The second kappa shape index (κ2) is 29.0. The summed E-state index contributed by atoms with van der Waals surface area (Å²) in [5.41, 5.74) is 11.0. The molecule has 23 nitrogen and oxygen atoms in total. The van der Waals surface area contributed by atoms with Gasteiger partial charge in [-0.3, -0.25) is 19.2 Å². The Morgan fingerprint density at radius 2 is 1.57 bits per heavy atom. The number of aliphatic hydroxyl groups excluding tert-OH is 1. The van der Waals surface area contributed by atoms with Crippen LogP contribution in [0.1, 0.15) is 70.0 Å². The molecule has 5 aromatic rings. The monoisotopic (exact) mass is 1130 g/mol. The summed E-state index contributed by atoms with van der Waals surface area (Å²) in [4.78, 5) is 81.2. The molecule has 0 radical (unpaired) electrons. The van der Waals surface area contributed by atoms with Gasteiger partial charge in [0, 0.05) is 45.3 Å². The van der Waals surface area contributed by atoms with Crippen LogP contribution in [-0.2, 0) is 49.4 Å². The van der Waals surface area contributed by atoms with Crippen LogP contribution in [-0.4, -0.2) is 156 Å². The van der Waals surface area contributed by atoms with Crippen LogP contribution in [0.3, 0.4) is 0 Å². The zero-order valence-corrected chi connectivity index (χ0v) is 46.2. The number of aryl methyl sites for hydroxylation is 1. The number of likely N-dealkylation sites (tertiary alicyclic amines) is 1. The number of aromatic nitrogens is 5. The van der Waals surface area contributed by atoms with E-state index in [-0.39, 0.29) is 119 Å². The number of benzene rings is 1. The Bertz CT molecular complexity index is 2780. The first-order valence-corrected chi connectivity index (χ1v) is 26.5. The standard InChI is InChI=1S/C51H67Cl2N11O12S/c1-30-44(77-29-58-30)33-9-7-32(8-10-33)24-56-47(68)39-22-36(65)27-63(39)49(69)45(51(3,4)5)61-42(66)12-13-72-15-16-73-17-18-74-19-20-75-28-34(46(54)67)11-14-76-48-37(21-35(52)25-57-48)59-50(70)60-38-26-55-41-23-40(53)62-64(41)43(38)31(2)71-6/h7-10,21,23,25-26,29,31,34,36,39,45,65H,11-20,22,24,27-28H2,1-6H3,(H2,54,67)(H,56,68)(H,61,66)(H2,59,60,70)/t31-,34?,36+,39?,45+/m0/s1. The lowest BCUT2D eigenvalue weighted by Gasteiger charge is -2.35. The number of halogens is 2. The molecule has 26 heteroatoms. The van der Waals surface area contributed by atoms with Crippen molar-refractivity contribution in [1.82, 2.24) is 40.1 Å². The normalized spacial score (nSPS) is 15.7. The van der Waals surface area contributed by atoms with Gasteiger partial charge in [-0.05, 0) is 42.9 Å². The first-order chi connectivity index (χ1) is 36.8. The number of amides is 6. The van der Waals surface area contributed by atoms with Crippen LogP contribution in [0.25, 0.3) is 16.1 Å². The Balaban J connectivity index is 0.820. The summed E-state index contributed by atoms with van der Waals surface area (Å²) in [6.07, 6.45) is 1.67. The highest BCUT2D eigenvalue weighted by molar-refractivity contribution is 7.13. The first kappa shape index (κ1) is 60.1. The van der Waals surface area contributed by atoms with E-state index in [9.17, 15) is 29.1 Å². The molecule has 4 aromatic heterocycles. The van der Waals surface area contributed by atoms with Crippen molar-refractivity contribution >= 4 is 81.2 Å². The maximum absolute atomic E-state index is 14.0. The van der Waals surface area contributed by atoms with Gasteiger partial charge in [-0.15, -0.1) is 11.3 Å². The number of hydrogen-bond acceptors (Lipinski definition) is 17. The topological polar surface area (TPSA) is 294 Å². The first-order valence-electron chi connectivity index (χ1n) is 24.9. The Hall–Kier alpha value is -6.09. The van der Waals surface area contributed by atoms with Gasteiger partial charge >= 0.3 is 6.03 Å². The molecule has 1 aliphatic rings. The third-order valence-electron chi connectivity index (χ3n) is 12.3. The fraction of sp³-hybridized carbons (Fsp3) is 0.510. The molecule has 6 amide bonds. The van der Waals surface area contributed by atoms with E-state index in [0.29, 0.717) is 17.0 Å². The molecule has 0 bridgehead atoms. The number of nitrogens with two attached hydrogens (primary N) is 1. The number of urea groups is 1. The predicted molar refractivity (Wildman–Crippen MR) is 288 cm³/mol. The van der Waals surface area contributed by atoms with Crippen LogP contribution < -0.4 is 31.7 Å². The molecule has 0 saturated carbocycles. The maximum atomic E-state index is 14.0. The van der Waals surface area contributed by atoms with E-state index in [1.807, 2.05) is 52.0 Å². The van der Waals surface area contributed by atoms with Crippen molar-refractivity contribution in [2.24, 2.45) is 17.1 Å². The molecule has 7 N–H and O–H groups in total. The number of ether oxygens (including phenoxy) is 6. The summed E-state index contributed by atoms with van der Waals surface area (Å²) in [6, 6.07) is 8.33. The van der Waals surface area contributed by atoms with Crippen molar-refractivity contribution in [3.63, 3.8) is 0 Å². The van der Waals surface area contributed by atoms with Gasteiger partial charge in [0.1, 0.15) is 17.8 Å². The molecular formula is C51H67Cl2N11O12S. The minimum absolute atomic E-state index is 0.00311. The summed E-state index contributed by atoms with van der Waals surface area (Å²) in [7, 11) is 1.52. The van der Waals surface area contributed by atoms with E-state index < -0.39 is 59.4 Å². The lowest BCUT2D eigenvalue weighted by Crippen LogP contribution is -2.57. The summed E-state index contributed by atoms with van der Waals surface area (Å²) < 4.78 is 35.2. The molecule has 0 aliphatic carbocycles. The summed E-state index contributed by atoms with van der Waals surface area (Å²) in [5.74, 6) is -2.47. The van der Waals surface area contributed by atoms with Crippen molar-refractivity contribution in [2.75, 3.05) is 83.8 Å². The number of pyridine rings is 1. The van der Waals surface area contributed by atoms with Crippen molar-refractivity contribution in [1.29, 1.82) is 0 Å². The molecule has 6 rings (SSSR count). The van der Waals surface area contributed by atoms with Gasteiger partial charge in [0.05, 0.1) is 116 Å². The van der Waals surface area contributed by atoms with Crippen LogP contribution >= 0.6 is 34.5 Å². The minimum Gasteiger partial charge on any atom is -0.476 e. The number of hydrogen-bond donors (Lipinski definition) is 6. The van der Waals surface area contributed by atoms with E-state index in [1.165, 1.54) is 35.0 Å². The number of carbonyl (C=O) groups is 5. The number of primary amides is 1. The molecule has 5 atom stereocenters. The second-order valence-electron chi connectivity index (χ2n) is 19.1. The van der Waals surface area contributed by atoms with Crippen molar-refractivity contribution in [3.05, 3.63) is 81.4 Å². The van der Waals surface area contributed by atoms with Gasteiger partial charge in [-0.1, -0.05) is 68.2 Å². The van der Waals surface area contributed by atoms with E-state index in [2.05, 4.69) is 41.3 Å². The zero-order valence-electron chi connectivity index (χ0n) is 43.8. The average Bonchev–Trinajstić information content (AvgIpc) is 4.12. The molecule has 1 aromatic carbocycles. The molecule has 1 fully saturated rings. The highest BCUT2D eigenvalue weighted by atomic mass is 35.5. The van der Waals surface area contributed by atoms with Gasteiger partial charge in [0.2, 0.25) is 29.5 Å². The number of aliphatic hydroxyl groups is 1. The van der Waals surface area contributed by atoms with Gasteiger partial charge in [0.15, 0.2) is 10.8 Å². The molecular weight excluding hydrogens is 1060 g/mol. The lowest BCUT2D eigenvalue weighted by atomic mass is 9.85. The van der Waals surface area contributed by atoms with E-state index in [1.54, 1.807) is 29.8 Å². The number of anilines is 2. The fourth-order valence-corrected chi connectivity index (χ4v) is 9.24. The number of thiazole rings is 1. The SMILES string of the molecule is CO[C@@H](C)c1c(NC(=O)Nc2cc(Cl)cnc2OCCC(COCCOCCOCCOCCC(=O)N[C@H](C(=O)N2C[C@H](O)CC2C(=O)NCc2ccc(-c3scnc3C)cc2)C(C)(C)C)C(N)=O)cnc2cc(Cl)nn12. The number of nitrogens with zero attached hydrogens (tertiary/aromatic N) is 6. The van der Waals surface area contributed by atoms with Crippen molar-refractivity contribution < 1.29 is 57.5 Å². The van der Waals surface area contributed by atoms with Crippen molar-refractivity contribution in [3.8, 4) is 16.3 Å². The molecule has 1 saturated heterocycles. The number of rotatable bonds is 29. The summed E-state index contributed by atoms with van der Waals surface area (Å²) in [5, 5.41) is 26.4. The molecule has 0 spiro atoms. The number of carbonyl (C=O) groups excluding carboxylic acids is 5. The highest BCUT2D eigenvalue weighted by Gasteiger charge is 2.44. The van der Waals surface area contributed by atoms with Crippen molar-refractivity contribution in [2.45, 2.75) is 84.7 Å². The van der Waals surface area contributed by atoms with Crippen LogP contribution in [0.5, 0.6) is 5.88 Å². The maximum Gasteiger partial charge on any atom is 0.323 e. The smallest absolute Gasteiger partial charge is 0.323 e. The van der Waals surface area contributed by atoms with E-state index >= 15 is 0 Å². The molecule has 5 heterocycles. The fourth-order valence-electron chi connectivity index (χ4n) is 8.10. The predicted octanol–water partition coefficient (Wildman–Crippen LogP) is 5.35.